The van der Waals surface area contributed by atoms with E-state index < -0.39 is 5.60 Å². The highest BCUT2D eigenvalue weighted by Gasteiger charge is 2.18. The summed E-state index contributed by atoms with van der Waals surface area (Å²) in [7, 11) is 0. The number of rotatable bonds is 2. The number of anilines is 1. The van der Waals surface area contributed by atoms with Crippen LogP contribution in [0, 0.1) is 11.3 Å². The molecule has 2 aromatic rings. The highest BCUT2D eigenvalue weighted by Crippen LogP contribution is 2.18. The molecular formula is C15H16N4O2. The fourth-order valence-electron chi connectivity index (χ4n) is 1.73. The normalized spacial score (nSPS) is 11.0. The highest BCUT2D eigenvalue weighted by atomic mass is 16.6. The zero-order chi connectivity index (χ0) is 15.6. The van der Waals surface area contributed by atoms with Crippen molar-refractivity contribution < 1.29 is 9.53 Å². The van der Waals surface area contributed by atoms with Gasteiger partial charge in [0.1, 0.15) is 23.1 Å². The van der Waals surface area contributed by atoms with Gasteiger partial charge in [0, 0.05) is 0 Å². The second kappa shape index (κ2) is 5.29. The molecule has 1 heterocycles. The number of ether oxygens (including phenoxy) is 1. The Hall–Kier alpha value is -2.81. The number of nitrogen functional groups attached to an aromatic ring is 1. The Kier molecular flexibility index (Phi) is 3.68. The van der Waals surface area contributed by atoms with Gasteiger partial charge in [-0.1, -0.05) is 0 Å². The molecule has 108 valence electrons. The number of carbonyl (C=O) groups is 1. The van der Waals surface area contributed by atoms with Crippen LogP contribution in [0.4, 0.5) is 5.82 Å². The van der Waals surface area contributed by atoms with Crippen molar-refractivity contribution in [2.24, 2.45) is 0 Å². The lowest BCUT2D eigenvalue weighted by molar-refractivity contribution is 0.00696. The smallest absolute Gasteiger partial charge is 0.338 e. The molecule has 0 amide bonds. The van der Waals surface area contributed by atoms with E-state index in [0.717, 1.165) is 0 Å². The number of carbonyl (C=O) groups excluding carboxylic acids is 1. The molecule has 2 N–H and O–H groups in total. The van der Waals surface area contributed by atoms with Gasteiger partial charge in [0.2, 0.25) is 0 Å². The minimum absolute atomic E-state index is 0.266. The summed E-state index contributed by atoms with van der Waals surface area (Å²) in [5.74, 6) is -0.122. The molecule has 0 atom stereocenters. The SMILES string of the molecule is CC(C)(C)OC(=O)c1ccc(-n2ncc(C#N)c2N)cc1. The maximum atomic E-state index is 11.9. The van der Waals surface area contributed by atoms with Gasteiger partial charge in [-0.2, -0.15) is 10.4 Å². The molecule has 0 aliphatic heterocycles. The fourth-order valence-corrected chi connectivity index (χ4v) is 1.73. The maximum Gasteiger partial charge on any atom is 0.338 e. The molecule has 2 rings (SSSR count). The van der Waals surface area contributed by atoms with Crippen molar-refractivity contribution in [3.63, 3.8) is 0 Å². The quantitative estimate of drug-likeness (QED) is 0.854. The van der Waals surface area contributed by atoms with Gasteiger partial charge < -0.3 is 10.5 Å². The Labute approximate surface area is 122 Å². The average molecular weight is 284 g/mol. The van der Waals surface area contributed by atoms with Gasteiger partial charge in [0.15, 0.2) is 0 Å². The van der Waals surface area contributed by atoms with Crippen LogP contribution < -0.4 is 5.73 Å². The van der Waals surface area contributed by atoms with E-state index in [1.54, 1.807) is 24.3 Å². The molecule has 6 nitrogen and oxygen atoms in total. The first-order chi connectivity index (χ1) is 9.81. The number of nitrogens with two attached hydrogens (primary N) is 1. The van der Waals surface area contributed by atoms with Gasteiger partial charge in [-0.05, 0) is 45.0 Å². The van der Waals surface area contributed by atoms with Crippen molar-refractivity contribution in [1.82, 2.24) is 9.78 Å². The van der Waals surface area contributed by atoms with Crippen LogP contribution in [0.5, 0.6) is 0 Å². The molecule has 1 aromatic carbocycles. The zero-order valence-corrected chi connectivity index (χ0v) is 12.1. The van der Waals surface area contributed by atoms with Gasteiger partial charge in [0.25, 0.3) is 0 Å². The second-order valence-corrected chi connectivity index (χ2v) is 5.52. The molecule has 0 saturated heterocycles. The lowest BCUT2D eigenvalue weighted by Gasteiger charge is -2.19. The number of nitriles is 1. The molecule has 0 spiro atoms. The summed E-state index contributed by atoms with van der Waals surface area (Å²) in [4.78, 5) is 11.9. The van der Waals surface area contributed by atoms with E-state index in [2.05, 4.69) is 5.10 Å². The number of nitrogens with zero attached hydrogens (tertiary/aromatic N) is 3. The molecule has 0 aliphatic carbocycles. The molecule has 0 unspecified atom stereocenters. The number of aromatic nitrogens is 2. The second-order valence-electron chi connectivity index (χ2n) is 5.52. The lowest BCUT2D eigenvalue weighted by atomic mass is 10.1. The van der Waals surface area contributed by atoms with Crippen molar-refractivity contribution in [2.45, 2.75) is 26.4 Å². The lowest BCUT2D eigenvalue weighted by Crippen LogP contribution is -2.23. The number of benzene rings is 1. The Morgan fingerprint density at radius 2 is 1.95 bits per heavy atom. The first kappa shape index (κ1) is 14.6. The third kappa shape index (κ3) is 3.20. The molecule has 6 heteroatoms. The van der Waals surface area contributed by atoms with Crippen LogP contribution in [-0.2, 0) is 4.74 Å². The number of hydrogen-bond donors (Lipinski definition) is 1. The van der Waals surface area contributed by atoms with E-state index in [1.807, 2.05) is 26.8 Å². The monoisotopic (exact) mass is 284 g/mol. The number of hydrogen-bond acceptors (Lipinski definition) is 5. The first-order valence-electron chi connectivity index (χ1n) is 6.39. The van der Waals surface area contributed by atoms with Crippen LogP contribution in [0.15, 0.2) is 30.5 Å². The van der Waals surface area contributed by atoms with Crippen LogP contribution in [-0.4, -0.2) is 21.4 Å². The Morgan fingerprint density at radius 1 is 1.33 bits per heavy atom. The van der Waals surface area contributed by atoms with Gasteiger partial charge >= 0.3 is 5.97 Å². The highest BCUT2D eigenvalue weighted by molar-refractivity contribution is 5.89. The van der Waals surface area contributed by atoms with Crippen molar-refractivity contribution >= 4 is 11.8 Å². The van der Waals surface area contributed by atoms with Gasteiger partial charge in [-0.15, -0.1) is 0 Å². The van der Waals surface area contributed by atoms with Crippen LogP contribution in [0.25, 0.3) is 5.69 Å². The molecule has 1 aromatic heterocycles. The van der Waals surface area contributed by atoms with Gasteiger partial charge in [0.05, 0.1) is 17.4 Å². The zero-order valence-electron chi connectivity index (χ0n) is 12.1. The topological polar surface area (TPSA) is 93.9 Å². The van der Waals surface area contributed by atoms with Crippen LogP contribution >= 0.6 is 0 Å². The van der Waals surface area contributed by atoms with E-state index in [4.69, 9.17) is 15.7 Å². The van der Waals surface area contributed by atoms with Gasteiger partial charge in [-0.25, -0.2) is 9.48 Å². The molecule has 0 saturated carbocycles. The molecule has 0 radical (unpaired) electrons. The maximum absolute atomic E-state index is 11.9. The van der Waals surface area contributed by atoms with E-state index in [-0.39, 0.29) is 11.8 Å². The molecular weight excluding hydrogens is 268 g/mol. The average Bonchev–Trinajstić information content (AvgIpc) is 2.78. The minimum atomic E-state index is -0.538. The van der Waals surface area contributed by atoms with Crippen molar-refractivity contribution in [2.75, 3.05) is 5.73 Å². The standard InChI is InChI=1S/C15H16N4O2/c1-15(2,3)21-14(20)10-4-6-12(7-5-10)19-13(17)11(8-16)9-18-19/h4-7,9H,17H2,1-3H3. The Bertz CT molecular complexity index is 703. The van der Waals surface area contributed by atoms with Crippen LogP contribution in [0.3, 0.4) is 0 Å². The molecule has 0 bridgehead atoms. The summed E-state index contributed by atoms with van der Waals surface area (Å²) in [6, 6.07) is 8.63. The Morgan fingerprint density at radius 3 is 2.43 bits per heavy atom. The summed E-state index contributed by atoms with van der Waals surface area (Å²) in [6.45, 7) is 5.44. The molecule has 0 aliphatic rings. The predicted octanol–water partition coefficient (Wildman–Crippen LogP) is 2.28. The van der Waals surface area contributed by atoms with Crippen LogP contribution in [0.2, 0.25) is 0 Å². The summed E-state index contributed by atoms with van der Waals surface area (Å²) >= 11 is 0. The minimum Gasteiger partial charge on any atom is -0.456 e. The molecule has 0 fully saturated rings. The van der Waals surface area contributed by atoms with Gasteiger partial charge in [-0.3, -0.25) is 0 Å². The van der Waals surface area contributed by atoms with Crippen molar-refractivity contribution in [3.8, 4) is 11.8 Å². The van der Waals surface area contributed by atoms with Crippen molar-refractivity contribution in [3.05, 3.63) is 41.6 Å². The first-order valence-corrected chi connectivity index (χ1v) is 6.39. The Balaban J connectivity index is 2.25. The fraction of sp³-hybridized carbons (Fsp3) is 0.267. The third-order valence-electron chi connectivity index (χ3n) is 2.67. The van der Waals surface area contributed by atoms with E-state index >= 15 is 0 Å². The largest absolute Gasteiger partial charge is 0.456 e. The summed E-state index contributed by atoms with van der Waals surface area (Å²) < 4.78 is 6.73. The summed E-state index contributed by atoms with van der Waals surface area (Å²) in [5, 5.41) is 12.9. The number of esters is 1. The van der Waals surface area contributed by atoms with Crippen molar-refractivity contribution in [1.29, 1.82) is 5.26 Å². The summed E-state index contributed by atoms with van der Waals surface area (Å²) in [6.07, 6.45) is 1.40. The third-order valence-corrected chi connectivity index (χ3v) is 2.67. The summed E-state index contributed by atoms with van der Waals surface area (Å²) in [5.41, 5.74) is 6.70. The van der Waals surface area contributed by atoms with E-state index in [9.17, 15) is 4.79 Å². The van der Waals surface area contributed by atoms with Crippen LogP contribution in [0.1, 0.15) is 36.7 Å². The molecule has 21 heavy (non-hydrogen) atoms. The predicted molar refractivity (Wildman–Crippen MR) is 77.9 cm³/mol. The van der Waals surface area contributed by atoms with E-state index in [0.29, 0.717) is 16.8 Å². The van der Waals surface area contributed by atoms with E-state index in [1.165, 1.54) is 10.9 Å².